The maximum atomic E-state index is 13.2. The zero-order valence-corrected chi connectivity index (χ0v) is 10.4. The third kappa shape index (κ3) is 2.13. The Morgan fingerprint density at radius 3 is 2.05 bits per heavy atom. The number of aliphatic hydroxyl groups is 1. The first-order chi connectivity index (χ1) is 8.57. The summed E-state index contributed by atoms with van der Waals surface area (Å²) in [6.45, 7) is 0. The number of nitrogens with zero attached hydrogens (tertiary/aromatic N) is 2. The number of rotatable bonds is 3. The first-order valence-electron chi connectivity index (χ1n) is 4.74. The van der Waals surface area contributed by atoms with Crippen LogP contribution in [-0.4, -0.2) is 31.3 Å². The van der Waals surface area contributed by atoms with Gasteiger partial charge in [0.2, 0.25) is 5.60 Å². The fourth-order valence-electron chi connectivity index (χ4n) is 1.55. The van der Waals surface area contributed by atoms with Crippen molar-refractivity contribution < 1.29 is 22.7 Å². The fraction of sp³-hybridized carbons (Fsp3) is 0.333. The van der Waals surface area contributed by atoms with Crippen LogP contribution in [0.1, 0.15) is 5.56 Å². The lowest BCUT2D eigenvalue weighted by molar-refractivity contribution is -0.224. The average Bonchev–Trinajstić information content (AvgIpc) is 2.71. The van der Waals surface area contributed by atoms with Gasteiger partial charge in [0.15, 0.2) is 0 Å². The lowest BCUT2D eigenvalue weighted by Crippen LogP contribution is -2.52. The van der Waals surface area contributed by atoms with Gasteiger partial charge in [0.1, 0.15) is 11.0 Å². The zero-order valence-electron chi connectivity index (χ0n) is 8.84. The molecule has 0 saturated heterocycles. The number of halogens is 6. The predicted molar refractivity (Wildman–Crippen MR) is 59.4 cm³/mol. The molecule has 0 saturated carbocycles. The van der Waals surface area contributed by atoms with E-state index < -0.39 is 21.9 Å². The molecule has 2 N–H and O–H groups in total. The predicted octanol–water partition coefficient (Wildman–Crippen LogP) is 2.81. The molecule has 0 aliphatic rings. The summed E-state index contributed by atoms with van der Waals surface area (Å²) < 4.78 is 52.7. The highest BCUT2D eigenvalue weighted by atomic mass is 35.5. The maximum Gasteiger partial charge on any atom is 0.361 e. The summed E-state index contributed by atoms with van der Waals surface area (Å²) in [5.41, 5.74) is -4.73. The van der Waals surface area contributed by atoms with E-state index in [1.54, 1.807) is 0 Å². The molecule has 104 valence electrons. The minimum absolute atomic E-state index is 0.00208. The number of aromatic nitrogens is 3. The second kappa shape index (κ2) is 4.19. The third-order valence-electron chi connectivity index (χ3n) is 2.55. The molecule has 19 heavy (non-hydrogen) atoms. The summed E-state index contributed by atoms with van der Waals surface area (Å²) in [4.78, 5) is 0. The summed E-state index contributed by atoms with van der Waals surface area (Å²) in [6.07, 6.45) is 0. The van der Waals surface area contributed by atoms with E-state index in [-0.39, 0.29) is 11.0 Å². The molecule has 0 atom stereocenters. The van der Waals surface area contributed by atoms with E-state index in [1.165, 1.54) is 0 Å². The van der Waals surface area contributed by atoms with Crippen LogP contribution in [0.2, 0.25) is 0 Å². The summed E-state index contributed by atoms with van der Waals surface area (Å²) in [7, 11) is 0. The Labute approximate surface area is 113 Å². The third-order valence-corrected chi connectivity index (χ3v) is 3.10. The molecule has 0 fully saturated rings. The second-order valence-electron chi connectivity index (χ2n) is 3.73. The molecule has 0 spiro atoms. The van der Waals surface area contributed by atoms with E-state index in [2.05, 4.69) is 38.6 Å². The van der Waals surface area contributed by atoms with Crippen LogP contribution in [0.4, 0.5) is 17.6 Å². The number of hydrogen-bond acceptors (Lipinski definition) is 3. The van der Waals surface area contributed by atoms with Crippen molar-refractivity contribution in [2.24, 2.45) is 0 Å². The number of nitrogens with one attached hydrogen (secondary N) is 1. The maximum absolute atomic E-state index is 13.2. The van der Waals surface area contributed by atoms with Crippen molar-refractivity contribution in [3.63, 3.8) is 0 Å². The van der Waals surface area contributed by atoms with Crippen LogP contribution in [0, 0.1) is 0 Å². The molecule has 0 radical (unpaired) electrons. The molecule has 4 nitrogen and oxygen atoms in total. The van der Waals surface area contributed by atoms with Gasteiger partial charge in [-0.2, -0.15) is 33.0 Å². The van der Waals surface area contributed by atoms with E-state index >= 15 is 0 Å². The van der Waals surface area contributed by atoms with Gasteiger partial charge in [-0.1, -0.05) is 6.07 Å². The Kier molecular flexibility index (Phi) is 3.15. The molecule has 0 aliphatic heterocycles. The number of benzene rings is 1. The molecule has 10 heteroatoms. The molecule has 0 amide bonds. The molecule has 1 aromatic heterocycles. The van der Waals surface area contributed by atoms with Crippen LogP contribution in [-0.2, 0) is 5.60 Å². The topological polar surface area (TPSA) is 61.8 Å². The van der Waals surface area contributed by atoms with E-state index in [0.717, 1.165) is 18.2 Å². The number of hydrogen-bond donors (Lipinski definition) is 2. The van der Waals surface area contributed by atoms with Gasteiger partial charge in [0.25, 0.3) is 0 Å². The Balaban J connectivity index is 2.68. The van der Waals surface area contributed by atoms with E-state index in [9.17, 15) is 22.7 Å². The van der Waals surface area contributed by atoms with Gasteiger partial charge in [-0.25, -0.2) is 0 Å². The van der Waals surface area contributed by atoms with Crippen molar-refractivity contribution in [3.8, 4) is 0 Å². The minimum Gasteiger partial charge on any atom is -0.372 e. The van der Waals surface area contributed by atoms with E-state index in [1.807, 2.05) is 0 Å². The Morgan fingerprint density at radius 2 is 1.53 bits per heavy atom. The van der Waals surface area contributed by atoms with Crippen molar-refractivity contribution in [1.29, 1.82) is 0 Å². The molecule has 1 aromatic carbocycles. The van der Waals surface area contributed by atoms with Crippen molar-refractivity contribution in [2.75, 3.05) is 0 Å². The number of alkyl halides is 6. The highest BCUT2D eigenvalue weighted by Gasteiger charge is 2.68. The molecule has 0 bridgehead atoms. The van der Waals surface area contributed by atoms with Crippen molar-refractivity contribution in [1.82, 2.24) is 15.4 Å². The molecule has 2 aromatic rings. The van der Waals surface area contributed by atoms with Crippen LogP contribution in [0.25, 0.3) is 11.0 Å². The fourth-order valence-corrected chi connectivity index (χ4v) is 2.06. The van der Waals surface area contributed by atoms with Crippen molar-refractivity contribution in [3.05, 3.63) is 23.8 Å². The summed E-state index contributed by atoms with van der Waals surface area (Å²) in [5.74, 6) is 0. The van der Waals surface area contributed by atoms with Gasteiger partial charge in [-0.05, 0) is 35.3 Å². The number of fused-ring (bicyclic) bond motifs is 1. The highest BCUT2D eigenvalue weighted by Crippen LogP contribution is 2.52. The van der Waals surface area contributed by atoms with Crippen LogP contribution >= 0.6 is 23.2 Å². The molecule has 2 rings (SSSR count). The quantitative estimate of drug-likeness (QED) is 0.676. The Bertz CT molecular complexity index is 593. The molecule has 0 aliphatic carbocycles. The van der Waals surface area contributed by atoms with Gasteiger partial charge in [0, 0.05) is 5.56 Å². The van der Waals surface area contributed by atoms with Crippen LogP contribution in [0.15, 0.2) is 18.2 Å². The SMILES string of the molecule is OC(c1ccc2n[nH]nc2c1)(C(F)(F)Cl)C(F)(F)Cl. The van der Waals surface area contributed by atoms with E-state index in [4.69, 9.17) is 0 Å². The first kappa shape index (κ1) is 14.3. The Morgan fingerprint density at radius 1 is 1.00 bits per heavy atom. The van der Waals surface area contributed by atoms with Crippen LogP contribution in [0.3, 0.4) is 0 Å². The Hall–Kier alpha value is -1.12. The van der Waals surface area contributed by atoms with Gasteiger partial charge >= 0.3 is 10.8 Å². The summed E-state index contributed by atoms with van der Waals surface area (Å²) in [6, 6.07) is 2.73. The van der Waals surface area contributed by atoms with Gasteiger partial charge in [-0.15, -0.1) is 0 Å². The van der Waals surface area contributed by atoms with Gasteiger partial charge in [-0.3, -0.25) is 0 Å². The summed E-state index contributed by atoms with van der Waals surface area (Å²) in [5, 5.41) is 9.55. The van der Waals surface area contributed by atoms with Gasteiger partial charge < -0.3 is 5.11 Å². The number of aromatic amines is 1. The standard InChI is InChI=1S/C9H5Cl2F4N3O/c10-8(12,13)7(19,9(11,14)15)4-1-2-5-6(3-4)17-18-16-5/h1-3,19H,(H,16,17,18). The minimum atomic E-state index is -4.70. The number of H-pyrrole nitrogens is 1. The lowest BCUT2D eigenvalue weighted by atomic mass is 9.93. The largest absolute Gasteiger partial charge is 0.372 e. The van der Waals surface area contributed by atoms with Crippen molar-refractivity contribution >= 4 is 34.2 Å². The highest BCUT2D eigenvalue weighted by molar-refractivity contribution is 6.26. The zero-order chi connectivity index (χ0) is 14.5. The van der Waals surface area contributed by atoms with E-state index in [0.29, 0.717) is 0 Å². The smallest absolute Gasteiger partial charge is 0.361 e. The second-order valence-corrected chi connectivity index (χ2v) is 4.68. The van der Waals surface area contributed by atoms with Crippen LogP contribution in [0.5, 0.6) is 0 Å². The van der Waals surface area contributed by atoms with Gasteiger partial charge in [0.05, 0.1) is 0 Å². The average molecular weight is 318 g/mol. The molecule has 0 unspecified atom stereocenters. The lowest BCUT2D eigenvalue weighted by Gasteiger charge is -2.35. The summed E-state index contributed by atoms with van der Waals surface area (Å²) >= 11 is 9.19. The van der Waals surface area contributed by atoms with Crippen LogP contribution < -0.4 is 0 Å². The molecular weight excluding hydrogens is 313 g/mol. The monoisotopic (exact) mass is 317 g/mol. The van der Waals surface area contributed by atoms with Crippen molar-refractivity contribution in [2.45, 2.75) is 16.4 Å². The first-order valence-corrected chi connectivity index (χ1v) is 5.50. The molecule has 1 heterocycles. The molecular formula is C9H5Cl2F4N3O. The normalized spacial score (nSPS) is 14.1.